The van der Waals surface area contributed by atoms with Gasteiger partial charge in [0, 0.05) is 11.6 Å². The SMILES string of the molecule is CCOC(=O)Cc1ccc2nc(NC(O)CC(C)(C)C)n(C3CCC3)c2c1F. The maximum Gasteiger partial charge on any atom is 0.310 e. The molecule has 1 aromatic carbocycles. The van der Waals surface area contributed by atoms with Gasteiger partial charge in [-0.15, -0.1) is 0 Å². The number of benzene rings is 1. The van der Waals surface area contributed by atoms with E-state index in [-0.39, 0.29) is 24.5 Å². The van der Waals surface area contributed by atoms with Crippen molar-refractivity contribution in [2.24, 2.45) is 5.41 Å². The number of rotatable bonds is 7. The van der Waals surface area contributed by atoms with Gasteiger partial charge in [-0.25, -0.2) is 9.37 Å². The minimum atomic E-state index is -0.780. The zero-order chi connectivity index (χ0) is 20.5. The monoisotopic (exact) mass is 391 g/mol. The van der Waals surface area contributed by atoms with Gasteiger partial charge < -0.3 is 19.7 Å². The number of imidazole rings is 1. The van der Waals surface area contributed by atoms with E-state index in [2.05, 4.69) is 10.3 Å². The fraction of sp³-hybridized carbons (Fsp3) is 0.619. The van der Waals surface area contributed by atoms with E-state index in [1.807, 2.05) is 25.3 Å². The van der Waals surface area contributed by atoms with E-state index in [4.69, 9.17) is 4.74 Å². The van der Waals surface area contributed by atoms with Gasteiger partial charge in [0.25, 0.3) is 0 Å². The van der Waals surface area contributed by atoms with Gasteiger partial charge in [-0.1, -0.05) is 26.8 Å². The van der Waals surface area contributed by atoms with Crippen LogP contribution in [0.2, 0.25) is 0 Å². The summed E-state index contributed by atoms with van der Waals surface area (Å²) in [5.74, 6) is -0.415. The second kappa shape index (κ2) is 8.07. The average Bonchev–Trinajstić information content (AvgIpc) is 2.86. The quantitative estimate of drug-likeness (QED) is 0.547. The first-order valence-corrected chi connectivity index (χ1v) is 9.99. The standard InChI is InChI=1S/C21H30FN3O3/c1-5-28-17(27)11-13-9-10-15-19(18(13)22)25(14-7-6-8-14)20(23-15)24-16(26)12-21(2,3)4/h9-10,14,16,26H,5-8,11-12H2,1-4H3,(H,23,24). The van der Waals surface area contributed by atoms with Gasteiger partial charge in [0.1, 0.15) is 11.7 Å². The van der Waals surface area contributed by atoms with Gasteiger partial charge in [-0.2, -0.15) is 0 Å². The first kappa shape index (κ1) is 20.6. The third-order valence-corrected chi connectivity index (χ3v) is 5.05. The number of aliphatic hydroxyl groups excluding tert-OH is 1. The molecule has 1 atom stereocenters. The molecule has 7 heteroatoms. The number of ether oxygens (including phenoxy) is 1. The van der Waals surface area contributed by atoms with Crippen molar-refractivity contribution in [1.29, 1.82) is 0 Å². The van der Waals surface area contributed by atoms with E-state index in [0.717, 1.165) is 19.3 Å². The predicted octanol–water partition coefficient (Wildman–Crippen LogP) is 4.17. The van der Waals surface area contributed by atoms with E-state index < -0.39 is 18.0 Å². The molecule has 1 aliphatic rings. The van der Waals surface area contributed by atoms with Crippen LogP contribution in [0, 0.1) is 11.2 Å². The summed E-state index contributed by atoms with van der Waals surface area (Å²) in [5.41, 5.74) is 1.14. The van der Waals surface area contributed by atoms with Gasteiger partial charge in [0.05, 0.1) is 18.5 Å². The molecular formula is C21H30FN3O3. The third kappa shape index (κ3) is 4.46. The number of carbonyl (C=O) groups excluding carboxylic acids is 1. The highest BCUT2D eigenvalue weighted by molar-refractivity contribution is 5.82. The van der Waals surface area contributed by atoms with Gasteiger partial charge in [0.15, 0.2) is 5.82 Å². The zero-order valence-electron chi connectivity index (χ0n) is 17.1. The minimum absolute atomic E-state index is 0.0577. The fourth-order valence-electron chi connectivity index (χ4n) is 3.58. The number of carbonyl (C=O) groups is 1. The largest absolute Gasteiger partial charge is 0.466 e. The highest BCUT2D eigenvalue weighted by Crippen LogP contribution is 2.39. The molecule has 1 fully saturated rings. The van der Waals surface area contributed by atoms with Crippen molar-refractivity contribution in [3.05, 3.63) is 23.5 Å². The number of anilines is 1. The number of halogens is 1. The van der Waals surface area contributed by atoms with Crippen LogP contribution in [0.25, 0.3) is 11.0 Å². The minimum Gasteiger partial charge on any atom is -0.466 e. The molecule has 1 heterocycles. The number of esters is 1. The molecule has 1 aliphatic carbocycles. The summed E-state index contributed by atoms with van der Waals surface area (Å²) in [6, 6.07) is 3.45. The van der Waals surface area contributed by atoms with Crippen molar-refractivity contribution in [3.63, 3.8) is 0 Å². The van der Waals surface area contributed by atoms with Crippen molar-refractivity contribution in [2.75, 3.05) is 11.9 Å². The number of aromatic nitrogens is 2. The fourth-order valence-corrected chi connectivity index (χ4v) is 3.58. The second-order valence-corrected chi connectivity index (χ2v) is 8.70. The van der Waals surface area contributed by atoms with Gasteiger partial charge in [-0.3, -0.25) is 4.79 Å². The summed E-state index contributed by atoms with van der Waals surface area (Å²) in [6.45, 7) is 8.14. The first-order chi connectivity index (χ1) is 13.2. The Morgan fingerprint density at radius 1 is 1.43 bits per heavy atom. The molecule has 0 bridgehead atoms. The molecule has 3 rings (SSSR count). The Morgan fingerprint density at radius 2 is 2.14 bits per heavy atom. The summed E-state index contributed by atoms with van der Waals surface area (Å²) in [5, 5.41) is 13.5. The maximum absolute atomic E-state index is 15.3. The molecule has 1 unspecified atom stereocenters. The molecule has 2 N–H and O–H groups in total. The summed E-state index contributed by atoms with van der Waals surface area (Å²) in [4.78, 5) is 16.4. The smallest absolute Gasteiger partial charge is 0.310 e. The Hall–Kier alpha value is -2.15. The summed E-state index contributed by atoms with van der Waals surface area (Å²) >= 11 is 0. The molecule has 1 aromatic heterocycles. The summed E-state index contributed by atoms with van der Waals surface area (Å²) < 4.78 is 22.1. The van der Waals surface area contributed by atoms with Crippen LogP contribution in [0.1, 0.15) is 65.0 Å². The van der Waals surface area contributed by atoms with E-state index >= 15 is 4.39 Å². The van der Waals surface area contributed by atoms with Gasteiger partial charge in [0.2, 0.25) is 5.95 Å². The van der Waals surface area contributed by atoms with Crippen LogP contribution in [0.4, 0.5) is 10.3 Å². The van der Waals surface area contributed by atoms with Crippen LogP contribution >= 0.6 is 0 Å². The second-order valence-electron chi connectivity index (χ2n) is 8.70. The van der Waals surface area contributed by atoms with Gasteiger partial charge >= 0.3 is 5.97 Å². The highest BCUT2D eigenvalue weighted by Gasteiger charge is 2.29. The number of aliphatic hydroxyl groups is 1. The van der Waals surface area contributed by atoms with Crippen LogP contribution in [-0.2, 0) is 16.0 Å². The molecule has 6 nitrogen and oxygen atoms in total. The van der Waals surface area contributed by atoms with E-state index in [9.17, 15) is 9.90 Å². The van der Waals surface area contributed by atoms with Crippen molar-refractivity contribution in [1.82, 2.24) is 9.55 Å². The molecule has 0 spiro atoms. The Bertz CT molecular complexity index is 853. The topological polar surface area (TPSA) is 76.4 Å². The van der Waals surface area contributed by atoms with Gasteiger partial charge in [-0.05, 0) is 44.1 Å². The molecule has 0 amide bonds. The molecule has 154 valence electrons. The lowest BCUT2D eigenvalue weighted by Crippen LogP contribution is -2.28. The molecule has 0 aliphatic heterocycles. The lowest BCUT2D eigenvalue weighted by atomic mass is 9.91. The Labute approximate surface area is 165 Å². The van der Waals surface area contributed by atoms with Crippen molar-refractivity contribution in [3.8, 4) is 0 Å². The molecule has 28 heavy (non-hydrogen) atoms. The maximum atomic E-state index is 15.3. The lowest BCUT2D eigenvalue weighted by molar-refractivity contribution is -0.142. The van der Waals surface area contributed by atoms with Crippen molar-refractivity contribution < 1.29 is 19.0 Å². The van der Waals surface area contributed by atoms with E-state index in [1.165, 1.54) is 0 Å². The van der Waals surface area contributed by atoms with Crippen LogP contribution in [-0.4, -0.2) is 33.5 Å². The summed E-state index contributed by atoms with van der Waals surface area (Å²) in [7, 11) is 0. The van der Waals surface area contributed by atoms with Crippen LogP contribution in [0.5, 0.6) is 0 Å². The highest BCUT2D eigenvalue weighted by atomic mass is 19.1. The van der Waals surface area contributed by atoms with E-state index in [0.29, 0.717) is 29.0 Å². The molecule has 0 saturated heterocycles. The zero-order valence-corrected chi connectivity index (χ0v) is 17.1. The summed E-state index contributed by atoms with van der Waals surface area (Å²) in [6.07, 6.45) is 2.61. The number of nitrogens with one attached hydrogen (secondary N) is 1. The molecule has 1 saturated carbocycles. The van der Waals surface area contributed by atoms with Crippen molar-refractivity contribution in [2.45, 2.75) is 72.1 Å². The van der Waals surface area contributed by atoms with Crippen molar-refractivity contribution >= 4 is 23.0 Å². The Kier molecular flexibility index (Phi) is 5.93. The Morgan fingerprint density at radius 3 is 2.71 bits per heavy atom. The molecular weight excluding hydrogens is 361 g/mol. The lowest BCUT2D eigenvalue weighted by Gasteiger charge is -2.30. The molecule has 0 radical (unpaired) electrons. The Balaban J connectivity index is 1.98. The van der Waals surface area contributed by atoms with Crippen LogP contribution in [0.15, 0.2) is 12.1 Å². The first-order valence-electron chi connectivity index (χ1n) is 9.99. The normalized spacial score (nSPS) is 16.1. The van der Waals surface area contributed by atoms with E-state index in [1.54, 1.807) is 19.1 Å². The van der Waals surface area contributed by atoms with Crippen LogP contribution < -0.4 is 5.32 Å². The predicted molar refractivity (Wildman–Crippen MR) is 107 cm³/mol. The number of fused-ring (bicyclic) bond motifs is 1. The number of nitrogens with zero attached hydrogens (tertiary/aromatic N) is 2. The number of hydrogen-bond donors (Lipinski definition) is 2. The molecule has 2 aromatic rings. The number of hydrogen-bond acceptors (Lipinski definition) is 5. The van der Waals surface area contributed by atoms with Crippen LogP contribution in [0.3, 0.4) is 0 Å². The average molecular weight is 391 g/mol. The third-order valence-electron chi connectivity index (χ3n) is 5.05.